The van der Waals surface area contributed by atoms with Crippen molar-refractivity contribution in [1.82, 2.24) is 29.1 Å². The van der Waals surface area contributed by atoms with Crippen molar-refractivity contribution in [1.29, 1.82) is 5.26 Å². The number of aromatic nitrogens is 6. The fourth-order valence-electron chi connectivity index (χ4n) is 4.07. The highest BCUT2D eigenvalue weighted by molar-refractivity contribution is 6.33. The first-order valence-corrected chi connectivity index (χ1v) is 11.3. The minimum atomic E-state index is -0.256. The molecule has 0 unspecified atom stereocenters. The van der Waals surface area contributed by atoms with Crippen LogP contribution >= 0.6 is 11.6 Å². The van der Waals surface area contributed by atoms with E-state index in [0.717, 1.165) is 12.8 Å². The van der Waals surface area contributed by atoms with Crippen LogP contribution in [0.4, 0.5) is 5.82 Å². The van der Waals surface area contributed by atoms with Gasteiger partial charge in [0.1, 0.15) is 29.4 Å². The number of halogens is 1. The predicted octanol–water partition coefficient (Wildman–Crippen LogP) is 4.09. The SMILES string of the molecule is CCCCN(Cc1nn2ccc(Cl)c2c(=O)n1-c1ccccc1)c1ncnc2[nH]cc(C#N)c12. The topological polar surface area (TPSA) is 108 Å². The molecule has 9 nitrogen and oxygen atoms in total. The summed E-state index contributed by atoms with van der Waals surface area (Å²) in [6.07, 6.45) is 6.64. The summed E-state index contributed by atoms with van der Waals surface area (Å²) in [7, 11) is 0. The average Bonchev–Trinajstić information content (AvgIpc) is 3.45. The zero-order valence-corrected chi connectivity index (χ0v) is 19.2. The molecule has 1 aromatic carbocycles. The van der Waals surface area contributed by atoms with Gasteiger partial charge in [0.2, 0.25) is 0 Å². The van der Waals surface area contributed by atoms with Crippen LogP contribution in [-0.4, -0.2) is 35.7 Å². The van der Waals surface area contributed by atoms with E-state index in [1.807, 2.05) is 35.2 Å². The number of hydrogen-bond acceptors (Lipinski definition) is 6. The van der Waals surface area contributed by atoms with Gasteiger partial charge >= 0.3 is 0 Å². The first kappa shape index (κ1) is 21.7. The van der Waals surface area contributed by atoms with Crippen molar-refractivity contribution in [2.45, 2.75) is 26.3 Å². The predicted molar refractivity (Wildman–Crippen MR) is 130 cm³/mol. The van der Waals surface area contributed by atoms with Crippen LogP contribution in [0.3, 0.4) is 0 Å². The molecule has 0 aliphatic heterocycles. The summed E-state index contributed by atoms with van der Waals surface area (Å²) in [5.41, 5.74) is 1.81. The molecule has 0 atom stereocenters. The monoisotopic (exact) mass is 472 g/mol. The van der Waals surface area contributed by atoms with Crippen LogP contribution in [0.15, 0.2) is 59.9 Å². The Balaban J connectivity index is 1.71. The van der Waals surface area contributed by atoms with Crippen molar-refractivity contribution in [2.75, 3.05) is 11.4 Å². The number of H-pyrrole nitrogens is 1. The number of hydrogen-bond donors (Lipinski definition) is 1. The summed E-state index contributed by atoms with van der Waals surface area (Å²) in [6.45, 7) is 3.06. The minimum Gasteiger partial charge on any atom is -0.348 e. The van der Waals surface area contributed by atoms with E-state index in [4.69, 9.17) is 16.7 Å². The molecule has 5 rings (SSSR count). The highest BCUT2D eigenvalue weighted by Gasteiger charge is 2.21. The molecule has 0 aliphatic rings. The third kappa shape index (κ3) is 3.68. The molecule has 10 heteroatoms. The quantitative estimate of drug-likeness (QED) is 0.382. The smallest absolute Gasteiger partial charge is 0.284 e. The molecular formula is C24H21ClN8O. The summed E-state index contributed by atoms with van der Waals surface area (Å²) in [5.74, 6) is 1.14. The highest BCUT2D eigenvalue weighted by atomic mass is 35.5. The normalized spacial score (nSPS) is 11.2. The van der Waals surface area contributed by atoms with Crippen molar-refractivity contribution in [3.8, 4) is 11.8 Å². The van der Waals surface area contributed by atoms with E-state index in [0.29, 0.717) is 51.0 Å². The third-order valence-corrected chi connectivity index (χ3v) is 6.01. The molecule has 0 saturated carbocycles. The van der Waals surface area contributed by atoms with Crippen LogP contribution in [0.1, 0.15) is 31.2 Å². The van der Waals surface area contributed by atoms with Gasteiger partial charge in [0.25, 0.3) is 5.56 Å². The second kappa shape index (κ2) is 9.00. The van der Waals surface area contributed by atoms with Gasteiger partial charge in [0.15, 0.2) is 5.82 Å². The van der Waals surface area contributed by atoms with Crippen LogP contribution in [-0.2, 0) is 6.54 Å². The molecule has 0 spiro atoms. The number of rotatable bonds is 7. The molecule has 0 radical (unpaired) electrons. The Morgan fingerprint density at radius 2 is 2.03 bits per heavy atom. The van der Waals surface area contributed by atoms with E-state index in [2.05, 4.69) is 27.9 Å². The van der Waals surface area contributed by atoms with E-state index >= 15 is 0 Å². The molecule has 170 valence electrons. The highest BCUT2D eigenvalue weighted by Crippen LogP contribution is 2.28. The van der Waals surface area contributed by atoms with Gasteiger partial charge in [-0.1, -0.05) is 43.1 Å². The third-order valence-electron chi connectivity index (χ3n) is 5.70. The number of nitriles is 1. The Morgan fingerprint density at radius 3 is 2.79 bits per heavy atom. The van der Waals surface area contributed by atoms with Crippen molar-refractivity contribution < 1.29 is 0 Å². The summed E-state index contributed by atoms with van der Waals surface area (Å²) in [6, 6.07) is 13.2. The van der Waals surface area contributed by atoms with E-state index in [9.17, 15) is 10.1 Å². The first-order chi connectivity index (χ1) is 16.6. The number of aromatic amines is 1. The van der Waals surface area contributed by atoms with Crippen molar-refractivity contribution >= 4 is 34.0 Å². The number of benzene rings is 1. The van der Waals surface area contributed by atoms with Crippen molar-refractivity contribution in [3.05, 3.63) is 81.9 Å². The van der Waals surface area contributed by atoms with E-state index in [-0.39, 0.29) is 12.1 Å². The maximum Gasteiger partial charge on any atom is 0.284 e. The molecule has 5 aromatic rings. The van der Waals surface area contributed by atoms with Gasteiger partial charge in [-0.05, 0) is 24.6 Å². The zero-order valence-electron chi connectivity index (χ0n) is 18.4. The van der Waals surface area contributed by atoms with Crippen LogP contribution < -0.4 is 10.5 Å². The molecule has 4 heterocycles. The Labute approximate surface area is 199 Å². The summed E-state index contributed by atoms with van der Waals surface area (Å²) in [4.78, 5) is 27.4. The molecule has 0 amide bonds. The molecule has 4 aromatic heterocycles. The standard InChI is InChI=1S/C24H21ClN8O/c1-2-3-10-31(23-20-16(12-26)13-27-22(20)28-15-29-23)14-19-30-32-11-9-18(25)21(32)24(34)33(19)17-7-5-4-6-8-17/h4-9,11,13,15H,2-3,10,14H2,1H3,(H,27,28,29). The molecular weight excluding hydrogens is 452 g/mol. The van der Waals surface area contributed by atoms with Gasteiger partial charge in [-0.15, -0.1) is 0 Å². The summed E-state index contributed by atoms with van der Waals surface area (Å²) >= 11 is 6.31. The second-order valence-electron chi connectivity index (χ2n) is 7.86. The minimum absolute atomic E-state index is 0.256. The molecule has 1 N–H and O–H groups in total. The van der Waals surface area contributed by atoms with Crippen LogP contribution in [0.5, 0.6) is 0 Å². The maximum atomic E-state index is 13.6. The lowest BCUT2D eigenvalue weighted by Gasteiger charge is -2.25. The fourth-order valence-corrected chi connectivity index (χ4v) is 4.30. The van der Waals surface area contributed by atoms with Gasteiger partial charge in [-0.2, -0.15) is 10.4 Å². The molecule has 0 fully saturated rings. The lowest BCUT2D eigenvalue weighted by molar-refractivity contribution is 0.651. The molecule has 0 aliphatic carbocycles. The average molecular weight is 473 g/mol. The Morgan fingerprint density at radius 1 is 1.21 bits per heavy atom. The van der Waals surface area contributed by atoms with Crippen molar-refractivity contribution in [3.63, 3.8) is 0 Å². The van der Waals surface area contributed by atoms with Gasteiger partial charge in [0.05, 0.1) is 28.2 Å². The number of unbranched alkanes of at least 4 members (excludes halogenated alkanes) is 1. The van der Waals surface area contributed by atoms with E-state index in [1.165, 1.54) is 10.8 Å². The molecule has 0 saturated heterocycles. The summed E-state index contributed by atoms with van der Waals surface area (Å²) in [5, 5.41) is 15.4. The molecule has 0 bridgehead atoms. The number of para-hydroxylation sites is 1. The van der Waals surface area contributed by atoms with Gasteiger partial charge in [-0.3, -0.25) is 9.36 Å². The first-order valence-electron chi connectivity index (χ1n) is 10.9. The number of nitrogens with zero attached hydrogens (tertiary/aromatic N) is 7. The van der Waals surface area contributed by atoms with Crippen LogP contribution in [0, 0.1) is 11.3 Å². The van der Waals surface area contributed by atoms with Crippen LogP contribution in [0.2, 0.25) is 5.02 Å². The van der Waals surface area contributed by atoms with E-state index in [1.54, 1.807) is 23.0 Å². The fraction of sp³-hybridized carbons (Fsp3) is 0.208. The Kier molecular flexibility index (Phi) is 5.74. The van der Waals surface area contributed by atoms with Crippen LogP contribution in [0.25, 0.3) is 22.2 Å². The summed E-state index contributed by atoms with van der Waals surface area (Å²) < 4.78 is 3.10. The van der Waals surface area contributed by atoms with E-state index < -0.39 is 0 Å². The lowest BCUT2D eigenvalue weighted by Crippen LogP contribution is -2.33. The number of fused-ring (bicyclic) bond motifs is 2. The maximum absolute atomic E-state index is 13.6. The van der Waals surface area contributed by atoms with Gasteiger partial charge in [0, 0.05) is 18.9 Å². The zero-order chi connectivity index (χ0) is 23.7. The largest absolute Gasteiger partial charge is 0.348 e. The van der Waals surface area contributed by atoms with Gasteiger partial charge in [-0.25, -0.2) is 14.5 Å². The lowest BCUT2D eigenvalue weighted by atomic mass is 10.2. The Bertz CT molecular complexity index is 1580. The number of anilines is 1. The number of nitrogens with one attached hydrogen (secondary N) is 1. The second-order valence-corrected chi connectivity index (χ2v) is 8.27. The van der Waals surface area contributed by atoms with Gasteiger partial charge < -0.3 is 9.88 Å². The van der Waals surface area contributed by atoms with Crippen molar-refractivity contribution in [2.24, 2.45) is 0 Å². The Hall–Kier alpha value is -4.16. The molecule has 34 heavy (non-hydrogen) atoms.